The molecule has 0 spiro atoms. The first kappa shape index (κ1) is 16.7. The third-order valence-electron chi connectivity index (χ3n) is 5.20. The predicted molar refractivity (Wildman–Crippen MR) is 98.4 cm³/mol. The van der Waals surface area contributed by atoms with Crippen LogP contribution in [0.2, 0.25) is 0 Å². The Hall–Kier alpha value is -1.76. The number of likely N-dealkylation sites (tertiary alicyclic amines) is 1. The second kappa shape index (κ2) is 7.64. The fourth-order valence-corrected chi connectivity index (χ4v) is 4.65. The van der Waals surface area contributed by atoms with Crippen LogP contribution in [0.15, 0.2) is 41.4 Å². The molecule has 2 aliphatic heterocycles. The second-order valence-electron chi connectivity index (χ2n) is 6.95. The van der Waals surface area contributed by atoms with Crippen LogP contribution >= 0.6 is 11.3 Å². The van der Waals surface area contributed by atoms with Crippen molar-refractivity contribution in [2.75, 3.05) is 25.0 Å². The van der Waals surface area contributed by atoms with Gasteiger partial charge in [-0.2, -0.15) is 11.3 Å². The third kappa shape index (κ3) is 4.08. The van der Waals surface area contributed by atoms with Gasteiger partial charge in [-0.1, -0.05) is 0 Å². The van der Waals surface area contributed by atoms with Crippen LogP contribution in [-0.2, 0) is 16.1 Å². The third-order valence-corrected chi connectivity index (χ3v) is 5.93. The molecule has 0 aliphatic carbocycles. The Kier molecular flexibility index (Phi) is 5.10. The number of fused-ring (bicyclic) bond motifs is 1. The standard InChI is InChI=1S/C19H23N3O2S/c23-19(21-16-2-1-5-20-9-16)8-18-17-3-6-22(11-15(17)12-24-18)10-14-4-7-25-13-14/h1-2,4-5,7,9,13,15,17-18H,3,6,8,10-12H2,(H,21,23)/t15-,17-,18+/m1/s1. The molecule has 0 saturated carbocycles. The highest BCUT2D eigenvalue weighted by molar-refractivity contribution is 7.07. The molecule has 2 aromatic rings. The lowest BCUT2D eigenvalue weighted by Crippen LogP contribution is -2.41. The first-order valence-electron chi connectivity index (χ1n) is 8.83. The number of pyridine rings is 1. The lowest BCUT2D eigenvalue weighted by atomic mass is 9.83. The molecule has 0 aromatic carbocycles. The van der Waals surface area contributed by atoms with Crippen LogP contribution in [0.25, 0.3) is 0 Å². The van der Waals surface area contributed by atoms with E-state index in [2.05, 4.69) is 32.0 Å². The lowest BCUT2D eigenvalue weighted by Gasteiger charge is -2.35. The molecule has 1 N–H and O–H groups in total. The van der Waals surface area contributed by atoms with Gasteiger partial charge in [0.15, 0.2) is 0 Å². The van der Waals surface area contributed by atoms with E-state index in [-0.39, 0.29) is 12.0 Å². The fourth-order valence-electron chi connectivity index (χ4n) is 3.99. The van der Waals surface area contributed by atoms with E-state index in [0.717, 1.165) is 38.3 Å². The zero-order valence-corrected chi connectivity index (χ0v) is 15.0. The van der Waals surface area contributed by atoms with Crippen molar-refractivity contribution in [3.8, 4) is 0 Å². The fraction of sp³-hybridized carbons (Fsp3) is 0.474. The van der Waals surface area contributed by atoms with E-state index in [1.54, 1.807) is 23.7 Å². The summed E-state index contributed by atoms with van der Waals surface area (Å²) < 4.78 is 5.99. The molecule has 2 aromatic heterocycles. The van der Waals surface area contributed by atoms with Gasteiger partial charge in [0.1, 0.15) is 0 Å². The SMILES string of the molecule is O=C(C[C@@H]1OC[C@H]2CN(Cc3ccsc3)CC[C@H]21)Nc1cccnc1. The zero-order chi connectivity index (χ0) is 17.1. The van der Waals surface area contributed by atoms with Gasteiger partial charge >= 0.3 is 0 Å². The Labute approximate surface area is 152 Å². The summed E-state index contributed by atoms with van der Waals surface area (Å²) in [7, 11) is 0. The predicted octanol–water partition coefficient (Wildman–Crippen LogP) is 3.01. The number of thiophene rings is 1. The highest BCUT2D eigenvalue weighted by Gasteiger charge is 2.41. The number of hydrogen-bond acceptors (Lipinski definition) is 5. The smallest absolute Gasteiger partial charge is 0.227 e. The van der Waals surface area contributed by atoms with Crippen LogP contribution in [0.5, 0.6) is 0 Å². The lowest BCUT2D eigenvalue weighted by molar-refractivity contribution is -0.118. The second-order valence-corrected chi connectivity index (χ2v) is 7.73. The van der Waals surface area contributed by atoms with Gasteiger partial charge in [-0.05, 0) is 53.4 Å². The monoisotopic (exact) mass is 357 g/mol. The Morgan fingerprint density at radius 1 is 1.44 bits per heavy atom. The molecule has 4 heterocycles. The molecule has 2 aliphatic rings. The van der Waals surface area contributed by atoms with Crippen LogP contribution < -0.4 is 5.32 Å². The molecule has 2 fully saturated rings. The molecular weight excluding hydrogens is 334 g/mol. The summed E-state index contributed by atoms with van der Waals surface area (Å²) in [6.45, 7) is 3.96. The number of ether oxygens (including phenoxy) is 1. The van der Waals surface area contributed by atoms with Crippen molar-refractivity contribution in [3.63, 3.8) is 0 Å². The Balaban J connectivity index is 1.29. The molecule has 3 atom stereocenters. The topological polar surface area (TPSA) is 54.5 Å². The van der Waals surface area contributed by atoms with E-state index >= 15 is 0 Å². The summed E-state index contributed by atoms with van der Waals surface area (Å²) >= 11 is 1.76. The first-order chi connectivity index (χ1) is 12.3. The Morgan fingerprint density at radius 2 is 2.40 bits per heavy atom. The number of carbonyl (C=O) groups is 1. The average molecular weight is 357 g/mol. The van der Waals surface area contributed by atoms with Crippen molar-refractivity contribution in [3.05, 3.63) is 46.9 Å². The number of aromatic nitrogens is 1. The van der Waals surface area contributed by atoms with E-state index in [1.165, 1.54) is 5.56 Å². The summed E-state index contributed by atoms with van der Waals surface area (Å²) in [6, 6.07) is 5.88. The van der Waals surface area contributed by atoms with Crippen LogP contribution in [0.1, 0.15) is 18.4 Å². The molecule has 5 nitrogen and oxygen atoms in total. The summed E-state index contributed by atoms with van der Waals surface area (Å²) in [5.74, 6) is 1.06. The average Bonchev–Trinajstić information content (AvgIpc) is 3.26. The number of rotatable bonds is 5. The molecule has 132 valence electrons. The van der Waals surface area contributed by atoms with Gasteiger partial charge < -0.3 is 10.1 Å². The van der Waals surface area contributed by atoms with Gasteiger partial charge in [0.05, 0.1) is 31.0 Å². The first-order valence-corrected chi connectivity index (χ1v) is 9.77. The maximum atomic E-state index is 12.3. The van der Waals surface area contributed by atoms with E-state index in [0.29, 0.717) is 18.3 Å². The number of amides is 1. The molecule has 0 radical (unpaired) electrons. The number of piperidine rings is 1. The van der Waals surface area contributed by atoms with E-state index in [4.69, 9.17) is 4.74 Å². The molecule has 0 bridgehead atoms. The quantitative estimate of drug-likeness (QED) is 0.894. The van der Waals surface area contributed by atoms with Gasteiger partial charge in [0.2, 0.25) is 5.91 Å². The van der Waals surface area contributed by atoms with Crippen LogP contribution in [-0.4, -0.2) is 41.6 Å². The summed E-state index contributed by atoms with van der Waals surface area (Å²) in [4.78, 5) is 18.8. The van der Waals surface area contributed by atoms with Gasteiger partial charge in [-0.3, -0.25) is 14.7 Å². The minimum absolute atomic E-state index is 0.0133. The van der Waals surface area contributed by atoms with Crippen molar-refractivity contribution >= 4 is 22.9 Å². The maximum Gasteiger partial charge on any atom is 0.227 e. The molecule has 25 heavy (non-hydrogen) atoms. The Morgan fingerprint density at radius 3 is 3.20 bits per heavy atom. The van der Waals surface area contributed by atoms with E-state index in [9.17, 15) is 4.79 Å². The molecule has 6 heteroatoms. The van der Waals surface area contributed by atoms with Crippen molar-refractivity contribution < 1.29 is 9.53 Å². The summed E-state index contributed by atoms with van der Waals surface area (Å²) in [6.07, 6.45) is 4.95. The minimum atomic E-state index is 0.0133. The van der Waals surface area contributed by atoms with Crippen molar-refractivity contribution in [1.29, 1.82) is 0 Å². The minimum Gasteiger partial charge on any atom is -0.377 e. The van der Waals surface area contributed by atoms with Crippen LogP contribution in [0, 0.1) is 11.8 Å². The highest BCUT2D eigenvalue weighted by Crippen LogP contribution is 2.36. The normalized spacial score (nSPS) is 26.3. The number of nitrogens with zero attached hydrogens (tertiary/aromatic N) is 2. The van der Waals surface area contributed by atoms with Gasteiger partial charge in [-0.15, -0.1) is 0 Å². The number of carbonyl (C=O) groups excluding carboxylic acids is 1. The molecular formula is C19H23N3O2S. The zero-order valence-electron chi connectivity index (χ0n) is 14.1. The van der Waals surface area contributed by atoms with Gasteiger partial charge in [0, 0.05) is 25.2 Å². The van der Waals surface area contributed by atoms with Crippen LogP contribution in [0.4, 0.5) is 5.69 Å². The largest absolute Gasteiger partial charge is 0.377 e. The van der Waals surface area contributed by atoms with E-state index in [1.807, 2.05) is 12.1 Å². The number of anilines is 1. The van der Waals surface area contributed by atoms with E-state index < -0.39 is 0 Å². The molecule has 4 rings (SSSR count). The molecule has 2 saturated heterocycles. The molecule has 1 amide bonds. The van der Waals surface area contributed by atoms with Crippen LogP contribution in [0.3, 0.4) is 0 Å². The summed E-state index contributed by atoms with van der Waals surface area (Å²) in [5.41, 5.74) is 2.14. The maximum absolute atomic E-state index is 12.3. The van der Waals surface area contributed by atoms with Gasteiger partial charge in [-0.25, -0.2) is 0 Å². The number of nitrogens with one attached hydrogen (secondary N) is 1. The van der Waals surface area contributed by atoms with Gasteiger partial charge in [0.25, 0.3) is 0 Å². The molecule has 0 unspecified atom stereocenters. The summed E-state index contributed by atoms with van der Waals surface area (Å²) in [5, 5.41) is 7.27. The highest BCUT2D eigenvalue weighted by atomic mass is 32.1. The Bertz CT molecular complexity index is 692. The van der Waals surface area contributed by atoms with Crippen molar-refractivity contribution in [2.24, 2.45) is 11.8 Å². The van der Waals surface area contributed by atoms with Crippen molar-refractivity contribution in [2.45, 2.75) is 25.5 Å². The number of hydrogen-bond donors (Lipinski definition) is 1. The van der Waals surface area contributed by atoms with Crippen molar-refractivity contribution in [1.82, 2.24) is 9.88 Å².